The number of hydrogen-bond donors (Lipinski definition) is 1. The van der Waals surface area contributed by atoms with Crippen LogP contribution in [0.4, 0.5) is 0 Å². The first-order chi connectivity index (χ1) is 11.1. The van der Waals surface area contributed by atoms with Crippen molar-refractivity contribution < 1.29 is 0 Å². The van der Waals surface area contributed by atoms with Crippen molar-refractivity contribution in [3.8, 4) is 0 Å². The van der Waals surface area contributed by atoms with Crippen LogP contribution in [0.15, 0.2) is 24.3 Å². The van der Waals surface area contributed by atoms with Gasteiger partial charge in [-0.05, 0) is 60.5 Å². The first kappa shape index (κ1) is 24.2. The summed E-state index contributed by atoms with van der Waals surface area (Å²) in [6, 6.07) is 9.22. The van der Waals surface area contributed by atoms with Crippen molar-refractivity contribution >= 4 is 0 Å². The third kappa shape index (κ3) is 10.0. The zero-order valence-electron chi connectivity index (χ0n) is 19.0. The highest BCUT2D eigenvalue weighted by Crippen LogP contribution is 2.36. The van der Waals surface area contributed by atoms with E-state index in [2.05, 4.69) is 86.6 Å². The van der Waals surface area contributed by atoms with Crippen LogP contribution < -0.4 is 5.73 Å². The normalized spacial score (nSPS) is 13.3. The van der Waals surface area contributed by atoms with E-state index in [1.165, 1.54) is 17.5 Å². The van der Waals surface area contributed by atoms with Crippen LogP contribution in [0.5, 0.6) is 0 Å². The Kier molecular flexibility index (Phi) is 8.43. The molecule has 0 aliphatic rings. The van der Waals surface area contributed by atoms with Gasteiger partial charge in [-0.3, -0.25) is 0 Å². The van der Waals surface area contributed by atoms with Crippen molar-refractivity contribution in [2.45, 2.75) is 106 Å². The summed E-state index contributed by atoms with van der Waals surface area (Å²) in [6.07, 6.45) is 3.34. The van der Waals surface area contributed by atoms with Crippen LogP contribution in [0.2, 0.25) is 0 Å². The van der Waals surface area contributed by atoms with E-state index >= 15 is 0 Å². The van der Waals surface area contributed by atoms with Gasteiger partial charge in [0.05, 0.1) is 0 Å². The van der Waals surface area contributed by atoms with E-state index in [0.717, 1.165) is 12.8 Å². The SMILES string of the molecule is CC.CC(C)(C)CC(C)(C)Cc1ccc(C(C)(C)CC(C)(C)N)cc1. The highest BCUT2D eigenvalue weighted by Gasteiger charge is 2.28. The van der Waals surface area contributed by atoms with Crippen molar-refractivity contribution in [3.63, 3.8) is 0 Å². The van der Waals surface area contributed by atoms with Gasteiger partial charge in [-0.25, -0.2) is 0 Å². The summed E-state index contributed by atoms with van der Waals surface area (Å²) < 4.78 is 0. The van der Waals surface area contributed by atoms with E-state index in [-0.39, 0.29) is 11.0 Å². The minimum Gasteiger partial charge on any atom is -0.326 e. The zero-order valence-corrected chi connectivity index (χ0v) is 19.0. The second kappa shape index (κ2) is 8.71. The molecule has 0 fully saturated rings. The van der Waals surface area contributed by atoms with Crippen molar-refractivity contribution in [2.75, 3.05) is 0 Å². The molecular formula is C24H45N. The molecule has 0 radical (unpaired) electrons. The Morgan fingerprint density at radius 3 is 1.52 bits per heavy atom. The molecule has 0 bridgehead atoms. The van der Waals surface area contributed by atoms with Crippen LogP contribution in [0.1, 0.15) is 100 Å². The van der Waals surface area contributed by atoms with Crippen LogP contribution in [-0.4, -0.2) is 5.54 Å². The summed E-state index contributed by atoms with van der Waals surface area (Å²) in [5, 5.41) is 0. The van der Waals surface area contributed by atoms with Gasteiger partial charge in [0.25, 0.3) is 0 Å². The molecule has 0 saturated heterocycles. The van der Waals surface area contributed by atoms with Crippen molar-refractivity contribution in [2.24, 2.45) is 16.6 Å². The van der Waals surface area contributed by atoms with Gasteiger partial charge in [-0.2, -0.15) is 0 Å². The third-order valence-corrected chi connectivity index (χ3v) is 4.32. The summed E-state index contributed by atoms with van der Waals surface area (Å²) >= 11 is 0. The summed E-state index contributed by atoms with van der Waals surface area (Å²) in [6.45, 7) is 24.6. The molecule has 0 aliphatic carbocycles. The van der Waals surface area contributed by atoms with Crippen molar-refractivity contribution in [3.05, 3.63) is 35.4 Å². The molecule has 25 heavy (non-hydrogen) atoms. The van der Waals surface area contributed by atoms with Crippen LogP contribution in [-0.2, 0) is 11.8 Å². The fourth-order valence-corrected chi connectivity index (χ4v) is 4.37. The number of benzene rings is 1. The maximum absolute atomic E-state index is 6.23. The summed E-state index contributed by atoms with van der Waals surface area (Å²) in [5.41, 5.74) is 9.72. The Balaban J connectivity index is 0.00000277. The molecule has 0 amide bonds. The smallest absolute Gasteiger partial charge is 0.0105 e. The summed E-state index contributed by atoms with van der Waals surface area (Å²) in [5.74, 6) is 0. The van der Waals surface area contributed by atoms with Crippen LogP contribution >= 0.6 is 0 Å². The van der Waals surface area contributed by atoms with E-state index < -0.39 is 0 Å². The second-order valence-electron chi connectivity index (χ2n) is 10.8. The molecule has 1 rings (SSSR count). The van der Waals surface area contributed by atoms with Crippen LogP contribution in [0.3, 0.4) is 0 Å². The van der Waals surface area contributed by atoms with Crippen LogP contribution in [0.25, 0.3) is 0 Å². The Hall–Kier alpha value is -0.820. The van der Waals surface area contributed by atoms with E-state index in [1.807, 2.05) is 13.8 Å². The number of hydrogen-bond acceptors (Lipinski definition) is 1. The Bertz CT molecular complexity index is 492. The standard InChI is InChI=1S/C22H39N.C2H6/c1-19(2,3)15-20(4,5)14-17-10-12-18(13-11-17)21(6,7)16-22(8,9)23;1-2/h10-13H,14-16,23H2,1-9H3;1-2H3. The molecule has 0 heterocycles. The van der Waals surface area contributed by atoms with Crippen molar-refractivity contribution in [1.82, 2.24) is 0 Å². The molecule has 2 N–H and O–H groups in total. The van der Waals surface area contributed by atoms with E-state index in [4.69, 9.17) is 5.73 Å². The first-order valence-electron chi connectivity index (χ1n) is 9.98. The van der Waals surface area contributed by atoms with Crippen molar-refractivity contribution in [1.29, 1.82) is 0 Å². The number of nitrogens with two attached hydrogens (primary N) is 1. The first-order valence-corrected chi connectivity index (χ1v) is 9.98. The Morgan fingerprint density at radius 2 is 1.16 bits per heavy atom. The predicted molar refractivity (Wildman–Crippen MR) is 115 cm³/mol. The minimum absolute atomic E-state index is 0.109. The molecule has 0 saturated carbocycles. The van der Waals surface area contributed by atoms with Gasteiger partial charge < -0.3 is 5.73 Å². The van der Waals surface area contributed by atoms with Gasteiger partial charge in [-0.1, -0.05) is 86.6 Å². The fraction of sp³-hybridized carbons (Fsp3) is 0.750. The number of rotatable bonds is 6. The molecule has 0 atom stereocenters. The maximum atomic E-state index is 6.23. The third-order valence-electron chi connectivity index (χ3n) is 4.32. The van der Waals surface area contributed by atoms with E-state index in [9.17, 15) is 0 Å². The highest BCUT2D eigenvalue weighted by molar-refractivity contribution is 5.29. The van der Waals surface area contributed by atoms with Gasteiger partial charge in [0.15, 0.2) is 0 Å². The van der Waals surface area contributed by atoms with Crippen LogP contribution in [0, 0.1) is 10.8 Å². The minimum atomic E-state index is -0.142. The lowest BCUT2D eigenvalue weighted by molar-refractivity contribution is 0.211. The molecule has 0 aromatic heterocycles. The lowest BCUT2D eigenvalue weighted by Gasteiger charge is -2.34. The second-order valence-corrected chi connectivity index (χ2v) is 10.8. The predicted octanol–water partition coefficient (Wildman–Crippen LogP) is 7.12. The average molecular weight is 348 g/mol. The maximum Gasteiger partial charge on any atom is 0.0105 e. The Labute approximate surface area is 158 Å². The summed E-state index contributed by atoms with van der Waals surface area (Å²) in [4.78, 5) is 0. The molecule has 1 aromatic rings. The lowest BCUT2D eigenvalue weighted by atomic mass is 9.72. The molecular weight excluding hydrogens is 302 g/mol. The zero-order chi connectivity index (χ0) is 20.1. The molecule has 0 unspecified atom stereocenters. The topological polar surface area (TPSA) is 26.0 Å². The monoisotopic (exact) mass is 347 g/mol. The highest BCUT2D eigenvalue weighted by atomic mass is 14.7. The van der Waals surface area contributed by atoms with Gasteiger partial charge in [0.1, 0.15) is 0 Å². The van der Waals surface area contributed by atoms with Gasteiger partial charge in [-0.15, -0.1) is 0 Å². The van der Waals surface area contributed by atoms with Gasteiger partial charge >= 0.3 is 0 Å². The Morgan fingerprint density at radius 1 is 0.720 bits per heavy atom. The molecule has 1 nitrogen and oxygen atoms in total. The molecule has 1 heteroatoms. The van der Waals surface area contributed by atoms with E-state index in [0.29, 0.717) is 10.8 Å². The molecule has 0 spiro atoms. The van der Waals surface area contributed by atoms with Gasteiger partial charge in [0, 0.05) is 5.54 Å². The average Bonchev–Trinajstić information content (AvgIpc) is 2.35. The quantitative estimate of drug-likeness (QED) is 0.582. The lowest BCUT2D eigenvalue weighted by Crippen LogP contribution is -2.39. The van der Waals surface area contributed by atoms with Gasteiger partial charge in [0.2, 0.25) is 0 Å². The van der Waals surface area contributed by atoms with E-state index in [1.54, 1.807) is 0 Å². The fourth-order valence-electron chi connectivity index (χ4n) is 4.37. The molecule has 146 valence electrons. The molecule has 0 aliphatic heterocycles. The molecule has 1 aromatic carbocycles. The largest absolute Gasteiger partial charge is 0.326 e. The summed E-state index contributed by atoms with van der Waals surface area (Å²) in [7, 11) is 0.